The number of primary amides is 1. The SMILES string of the molecule is CN(Cc1ccccc1)C(=O)CC(N)=O. The maximum absolute atomic E-state index is 11.4. The van der Waals surface area contributed by atoms with Gasteiger partial charge in [0.15, 0.2) is 0 Å². The van der Waals surface area contributed by atoms with E-state index in [1.807, 2.05) is 30.3 Å². The highest BCUT2D eigenvalue weighted by molar-refractivity contribution is 5.95. The lowest BCUT2D eigenvalue weighted by Gasteiger charge is -2.16. The minimum atomic E-state index is -0.597. The molecule has 4 heteroatoms. The van der Waals surface area contributed by atoms with E-state index in [1.165, 1.54) is 4.90 Å². The number of carbonyl (C=O) groups excluding carboxylic acids is 2. The number of carbonyl (C=O) groups is 2. The summed E-state index contributed by atoms with van der Waals surface area (Å²) in [5, 5.41) is 0. The molecule has 1 aromatic rings. The molecule has 0 saturated carbocycles. The van der Waals surface area contributed by atoms with Crippen LogP contribution in [-0.4, -0.2) is 23.8 Å². The summed E-state index contributed by atoms with van der Waals surface area (Å²) in [6, 6.07) is 9.57. The molecule has 4 nitrogen and oxygen atoms in total. The Labute approximate surface area is 88.7 Å². The zero-order valence-electron chi connectivity index (χ0n) is 8.64. The van der Waals surface area contributed by atoms with Crippen molar-refractivity contribution in [3.05, 3.63) is 35.9 Å². The van der Waals surface area contributed by atoms with Gasteiger partial charge in [0.2, 0.25) is 11.8 Å². The summed E-state index contributed by atoms with van der Waals surface area (Å²) < 4.78 is 0. The summed E-state index contributed by atoms with van der Waals surface area (Å²) >= 11 is 0. The topological polar surface area (TPSA) is 63.4 Å². The number of amides is 2. The highest BCUT2D eigenvalue weighted by Crippen LogP contribution is 2.03. The van der Waals surface area contributed by atoms with Gasteiger partial charge in [0.05, 0.1) is 0 Å². The van der Waals surface area contributed by atoms with Crippen molar-refractivity contribution < 1.29 is 9.59 Å². The molecule has 0 aliphatic rings. The molecule has 0 atom stereocenters. The first-order valence-corrected chi connectivity index (χ1v) is 4.66. The summed E-state index contributed by atoms with van der Waals surface area (Å²) in [5.74, 6) is -0.855. The molecule has 0 unspecified atom stereocenters. The van der Waals surface area contributed by atoms with Crippen LogP contribution in [0.2, 0.25) is 0 Å². The standard InChI is InChI=1S/C11H14N2O2/c1-13(11(15)7-10(12)14)8-9-5-3-2-4-6-9/h2-6H,7-8H2,1H3,(H2,12,14). The van der Waals surface area contributed by atoms with Crippen molar-refractivity contribution in [3.8, 4) is 0 Å². The Hall–Kier alpha value is -1.84. The summed E-state index contributed by atoms with van der Waals surface area (Å²) in [4.78, 5) is 23.4. The van der Waals surface area contributed by atoms with E-state index in [0.29, 0.717) is 6.54 Å². The third kappa shape index (κ3) is 3.81. The molecular weight excluding hydrogens is 192 g/mol. The average molecular weight is 206 g/mol. The molecule has 1 aromatic carbocycles. The molecule has 0 saturated heterocycles. The smallest absolute Gasteiger partial charge is 0.232 e. The summed E-state index contributed by atoms with van der Waals surface area (Å²) in [6.45, 7) is 0.493. The van der Waals surface area contributed by atoms with E-state index in [9.17, 15) is 9.59 Å². The van der Waals surface area contributed by atoms with Gasteiger partial charge in [0.1, 0.15) is 6.42 Å². The lowest BCUT2D eigenvalue weighted by Crippen LogP contribution is -2.30. The Balaban J connectivity index is 2.52. The molecule has 1 rings (SSSR count). The van der Waals surface area contributed by atoms with E-state index in [1.54, 1.807) is 7.05 Å². The molecule has 0 spiro atoms. The molecule has 0 fully saturated rings. The number of rotatable bonds is 4. The molecule has 0 bridgehead atoms. The largest absolute Gasteiger partial charge is 0.369 e. The first-order chi connectivity index (χ1) is 7.09. The van der Waals surface area contributed by atoms with Crippen molar-refractivity contribution in [3.63, 3.8) is 0 Å². The van der Waals surface area contributed by atoms with Gasteiger partial charge in [-0.2, -0.15) is 0 Å². The molecule has 2 N–H and O–H groups in total. The van der Waals surface area contributed by atoms with Crippen molar-refractivity contribution in [2.45, 2.75) is 13.0 Å². The number of benzene rings is 1. The van der Waals surface area contributed by atoms with Crippen molar-refractivity contribution in [2.24, 2.45) is 5.73 Å². The molecule has 2 amide bonds. The predicted octanol–water partition coefficient (Wildman–Crippen LogP) is 0.520. The van der Waals surface area contributed by atoms with Crippen molar-refractivity contribution in [1.29, 1.82) is 0 Å². The van der Waals surface area contributed by atoms with Crippen molar-refractivity contribution >= 4 is 11.8 Å². The van der Waals surface area contributed by atoms with Gasteiger partial charge in [-0.05, 0) is 5.56 Å². The Morgan fingerprint density at radius 1 is 1.27 bits per heavy atom. The minimum Gasteiger partial charge on any atom is -0.369 e. The first kappa shape index (κ1) is 11.2. The molecule has 0 radical (unpaired) electrons. The van der Waals surface area contributed by atoms with Crippen LogP contribution in [0.3, 0.4) is 0 Å². The molecule has 0 heterocycles. The second-order valence-corrected chi connectivity index (χ2v) is 3.38. The third-order valence-corrected chi connectivity index (χ3v) is 2.01. The molecule has 0 aromatic heterocycles. The van der Waals surface area contributed by atoms with E-state index in [4.69, 9.17) is 5.73 Å². The number of nitrogens with two attached hydrogens (primary N) is 1. The van der Waals surface area contributed by atoms with E-state index in [0.717, 1.165) is 5.56 Å². The van der Waals surface area contributed by atoms with Crippen LogP contribution in [0.25, 0.3) is 0 Å². The molecule has 80 valence electrons. The van der Waals surface area contributed by atoms with Crippen LogP contribution < -0.4 is 5.73 Å². The number of nitrogens with zero attached hydrogens (tertiary/aromatic N) is 1. The third-order valence-electron chi connectivity index (χ3n) is 2.01. The maximum atomic E-state index is 11.4. The molecule has 0 aliphatic carbocycles. The van der Waals surface area contributed by atoms with E-state index >= 15 is 0 Å². The lowest BCUT2D eigenvalue weighted by molar-refractivity contribution is -0.134. The summed E-state index contributed by atoms with van der Waals surface area (Å²) in [6.07, 6.45) is -0.233. The Bertz CT molecular complexity index is 349. The van der Waals surface area contributed by atoms with Gasteiger partial charge in [-0.3, -0.25) is 9.59 Å². The lowest BCUT2D eigenvalue weighted by atomic mass is 10.2. The first-order valence-electron chi connectivity index (χ1n) is 4.66. The van der Waals surface area contributed by atoms with E-state index < -0.39 is 5.91 Å². The molecule has 15 heavy (non-hydrogen) atoms. The zero-order chi connectivity index (χ0) is 11.3. The van der Waals surface area contributed by atoms with Crippen molar-refractivity contribution in [1.82, 2.24) is 4.90 Å². The fourth-order valence-electron chi connectivity index (χ4n) is 1.23. The van der Waals surface area contributed by atoms with E-state index in [2.05, 4.69) is 0 Å². The van der Waals surface area contributed by atoms with Gasteiger partial charge in [-0.1, -0.05) is 30.3 Å². The Kier molecular flexibility index (Phi) is 3.85. The van der Waals surface area contributed by atoms with Crippen LogP contribution in [0.1, 0.15) is 12.0 Å². The number of hydrogen-bond acceptors (Lipinski definition) is 2. The fourth-order valence-corrected chi connectivity index (χ4v) is 1.23. The van der Waals surface area contributed by atoms with Crippen LogP contribution in [0.15, 0.2) is 30.3 Å². The quantitative estimate of drug-likeness (QED) is 0.730. The minimum absolute atomic E-state index is 0.233. The second-order valence-electron chi connectivity index (χ2n) is 3.38. The maximum Gasteiger partial charge on any atom is 0.232 e. The Morgan fingerprint density at radius 2 is 1.87 bits per heavy atom. The summed E-state index contributed by atoms with van der Waals surface area (Å²) in [5.41, 5.74) is 5.96. The molecular formula is C11H14N2O2. The molecule has 0 aliphatic heterocycles. The van der Waals surface area contributed by atoms with Gasteiger partial charge >= 0.3 is 0 Å². The van der Waals surface area contributed by atoms with Crippen molar-refractivity contribution in [2.75, 3.05) is 7.05 Å². The highest BCUT2D eigenvalue weighted by Gasteiger charge is 2.11. The predicted molar refractivity (Wildman–Crippen MR) is 56.7 cm³/mol. The van der Waals surface area contributed by atoms with Crippen LogP contribution in [0, 0.1) is 0 Å². The number of hydrogen-bond donors (Lipinski definition) is 1. The van der Waals surface area contributed by atoms with Gasteiger partial charge < -0.3 is 10.6 Å². The van der Waals surface area contributed by atoms with Crippen LogP contribution in [0.5, 0.6) is 0 Å². The highest BCUT2D eigenvalue weighted by atomic mass is 16.2. The van der Waals surface area contributed by atoms with Gasteiger partial charge in [-0.25, -0.2) is 0 Å². The average Bonchev–Trinajstić information content (AvgIpc) is 2.18. The normalized spacial score (nSPS) is 9.67. The van der Waals surface area contributed by atoms with Gasteiger partial charge in [0, 0.05) is 13.6 Å². The van der Waals surface area contributed by atoms with Crippen LogP contribution in [-0.2, 0) is 16.1 Å². The second kappa shape index (κ2) is 5.14. The fraction of sp³-hybridized carbons (Fsp3) is 0.273. The Morgan fingerprint density at radius 3 is 2.40 bits per heavy atom. The van der Waals surface area contributed by atoms with Crippen LogP contribution >= 0.6 is 0 Å². The monoisotopic (exact) mass is 206 g/mol. The van der Waals surface area contributed by atoms with Gasteiger partial charge in [0.25, 0.3) is 0 Å². The van der Waals surface area contributed by atoms with Crippen LogP contribution in [0.4, 0.5) is 0 Å². The summed E-state index contributed by atoms with van der Waals surface area (Å²) in [7, 11) is 1.65. The van der Waals surface area contributed by atoms with Gasteiger partial charge in [-0.15, -0.1) is 0 Å². The zero-order valence-corrected chi connectivity index (χ0v) is 8.64. The van der Waals surface area contributed by atoms with E-state index in [-0.39, 0.29) is 12.3 Å².